The first kappa shape index (κ1) is 13.7. The normalized spacial score (nSPS) is 10.5. The lowest BCUT2D eigenvalue weighted by atomic mass is 10.1. The SMILES string of the molecule is CC(C)(C)NNCC(=O)Cl.Cl. The molecule has 0 aromatic carbocycles. The molecule has 0 radical (unpaired) electrons. The van der Waals surface area contributed by atoms with E-state index in [0.717, 1.165) is 0 Å². The minimum atomic E-state index is -0.392. The van der Waals surface area contributed by atoms with Crippen LogP contribution in [-0.4, -0.2) is 17.3 Å². The Hall–Kier alpha value is 0.170. The van der Waals surface area contributed by atoms with Gasteiger partial charge in [-0.3, -0.25) is 10.2 Å². The van der Waals surface area contributed by atoms with Crippen molar-refractivity contribution in [3.05, 3.63) is 0 Å². The summed E-state index contributed by atoms with van der Waals surface area (Å²) in [6.45, 7) is 6.11. The largest absolute Gasteiger partial charge is 0.280 e. The van der Waals surface area contributed by atoms with Crippen LogP contribution in [0.25, 0.3) is 0 Å². The second kappa shape index (κ2) is 5.77. The fraction of sp³-hybridized carbons (Fsp3) is 0.833. The molecule has 0 saturated heterocycles. The van der Waals surface area contributed by atoms with Gasteiger partial charge in [-0.1, -0.05) is 0 Å². The summed E-state index contributed by atoms with van der Waals surface area (Å²) in [5.74, 6) is 0. The van der Waals surface area contributed by atoms with Gasteiger partial charge in [-0.05, 0) is 32.4 Å². The van der Waals surface area contributed by atoms with Crippen LogP contribution in [0.1, 0.15) is 20.8 Å². The van der Waals surface area contributed by atoms with E-state index in [-0.39, 0.29) is 24.5 Å². The summed E-state index contributed by atoms with van der Waals surface area (Å²) < 4.78 is 0. The maximum Gasteiger partial charge on any atom is 0.236 e. The van der Waals surface area contributed by atoms with E-state index < -0.39 is 5.24 Å². The van der Waals surface area contributed by atoms with E-state index in [9.17, 15) is 4.79 Å². The molecule has 0 atom stereocenters. The molecule has 0 heterocycles. The third kappa shape index (κ3) is 13.2. The minimum Gasteiger partial charge on any atom is -0.280 e. The van der Waals surface area contributed by atoms with Gasteiger partial charge in [0.15, 0.2) is 0 Å². The zero-order valence-corrected chi connectivity index (χ0v) is 8.47. The number of hydrazine groups is 1. The smallest absolute Gasteiger partial charge is 0.236 e. The van der Waals surface area contributed by atoms with Crippen LogP contribution < -0.4 is 10.9 Å². The Labute approximate surface area is 78.3 Å². The molecule has 2 N–H and O–H groups in total. The van der Waals surface area contributed by atoms with Crippen LogP contribution >= 0.6 is 24.0 Å². The van der Waals surface area contributed by atoms with Gasteiger partial charge in [-0.2, -0.15) is 0 Å². The third-order valence-electron chi connectivity index (χ3n) is 0.691. The van der Waals surface area contributed by atoms with Gasteiger partial charge in [0, 0.05) is 5.54 Å². The maximum atomic E-state index is 10.2. The minimum absolute atomic E-state index is 0. The Bertz CT molecular complexity index is 122. The highest BCUT2D eigenvalue weighted by atomic mass is 35.5. The predicted octanol–water partition coefficient (Wildman–Crippen LogP) is 1.07. The van der Waals surface area contributed by atoms with Gasteiger partial charge in [0.1, 0.15) is 0 Å². The van der Waals surface area contributed by atoms with Gasteiger partial charge in [0.2, 0.25) is 5.24 Å². The molecule has 68 valence electrons. The molecular weight excluding hydrogens is 187 g/mol. The average Bonchev–Trinajstić information content (AvgIpc) is 1.59. The Kier molecular flexibility index (Phi) is 7.21. The lowest BCUT2D eigenvalue weighted by Crippen LogP contribution is -2.47. The molecule has 0 amide bonds. The van der Waals surface area contributed by atoms with Gasteiger partial charge < -0.3 is 0 Å². The highest BCUT2D eigenvalue weighted by Crippen LogP contribution is 1.94. The molecule has 0 aliphatic carbocycles. The van der Waals surface area contributed by atoms with Gasteiger partial charge in [0.25, 0.3) is 0 Å². The highest BCUT2D eigenvalue weighted by molar-refractivity contribution is 6.64. The molecule has 0 aliphatic heterocycles. The Morgan fingerprint density at radius 1 is 1.45 bits per heavy atom. The van der Waals surface area contributed by atoms with Crippen LogP contribution in [0.15, 0.2) is 0 Å². The number of carbonyl (C=O) groups is 1. The number of carbonyl (C=O) groups excluding carboxylic acids is 1. The zero-order valence-electron chi connectivity index (χ0n) is 6.90. The Balaban J connectivity index is 0. The fourth-order valence-electron chi connectivity index (χ4n) is 0.379. The quantitative estimate of drug-likeness (QED) is 0.530. The van der Waals surface area contributed by atoms with Gasteiger partial charge in [-0.25, -0.2) is 5.43 Å². The predicted molar refractivity (Wildman–Crippen MR) is 49.0 cm³/mol. The van der Waals surface area contributed by atoms with Gasteiger partial charge >= 0.3 is 0 Å². The van der Waals surface area contributed by atoms with Crippen molar-refractivity contribution in [1.82, 2.24) is 10.9 Å². The first-order valence-electron chi connectivity index (χ1n) is 3.10. The molecule has 0 aromatic rings. The van der Waals surface area contributed by atoms with Crippen molar-refractivity contribution in [2.45, 2.75) is 26.3 Å². The molecule has 0 unspecified atom stereocenters. The molecule has 0 saturated carbocycles. The zero-order chi connectivity index (χ0) is 8.20. The molecule has 0 fully saturated rings. The van der Waals surface area contributed by atoms with Gasteiger partial charge in [-0.15, -0.1) is 12.4 Å². The lowest BCUT2D eigenvalue weighted by molar-refractivity contribution is -0.111. The fourth-order valence-corrected chi connectivity index (χ4v) is 0.446. The van der Waals surface area contributed by atoms with Crippen molar-refractivity contribution in [3.8, 4) is 0 Å². The van der Waals surface area contributed by atoms with Crippen molar-refractivity contribution < 1.29 is 4.79 Å². The van der Waals surface area contributed by atoms with Crippen molar-refractivity contribution in [2.24, 2.45) is 0 Å². The number of hydrogen-bond donors (Lipinski definition) is 2. The summed E-state index contributed by atoms with van der Waals surface area (Å²) in [5, 5.41) is -0.392. The standard InChI is InChI=1S/C6H13ClN2O.ClH/c1-6(2,3)9-8-4-5(7)10;/h8-9H,4H2,1-3H3;1H. The monoisotopic (exact) mass is 200 g/mol. The number of nitrogens with one attached hydrogen (secondary N) is 2. The van der Waals surface area contributed by atoms with Crippen molar-refractivity contribution >= 4 is 29.3 Å². The molecule has 5 heteroatoms. The van der Waals surface area contributed by atoms with Crippen LogP contribution in [0.2, 0.25) is 0 Å². The van der Waals surface area contributed by atoms with E-state index in [2.05, 4.69) is 10.9 Å². The van der Waals surface area contributed by atoms with Crippen molar-refractivity contribution in [3.63, 3.8) is 0 Å². The molecule has 3 nitrogen and oxygen atoms in total. The molecule has 0 aromatic heterocycles. The highest BCUT2D eigenvalue weighted by Gasteiger charge is 2.07. The number of halogens is 2. The number of rotatable bonds is 3. The van der Waals surface area contributed by atoms with Crippen LogP contribution in [0.3, 0.4) is 0 Å². The van der Waals surface area contributed by atoms with Gasteiger partial charge in [0.05, 0.1) is 6.54 Å². The Morgan fingerprint density at radius 3 is 2.18 bits per heavy atom. The molecule has 11 heavy (non-hydrogen) atoms. The Morgan fingerprint density at radius 2 is 1.91 bits per heavy atom. The van der Waals surface area contributed by atoms with E-state index in [4.69, 9.17) is 11.6 Å². The maximum absolute atomic E-state index is 10.2. The van der Waals surface area contributed by atoms with Crippen LogP contribution in [-0.2, 0) is 4.79 Å². The molecule has 0 bridgehead atoms. The second-order valence-electron chi connectivity index (χ2n) is 3.08. The third-order valence-corrected chi connectivity index (χ3v) is 0.824. The summed E-state index contributed by atoms with van der Waals surface area (Å²) >= 11 is 5.07. The molecular formula is C6H14Cl2N2O. The number of hydrogen-bond acceptors (Lipinski definition) is 3. The summed E-state index contributed by atoms with van der Waals surface area (Å²) in [4.78, 5) is 10.2. The van der Waals surface area contributed by atoms with E-state index in [1.54, 1.807) is 0 Å². The molecule has 0 spiro atoms. The average molecular weight is 201 g/mol. The van der Waals surface area contributed by atoms with E-state index in [1.165, 1.54) is 0 Å². The van der Waals surface area contributed by atoms with E-state index in [1.807, 2.05) is 20.8 Å². The molecule has 0 rings (SSSR count). The van der Waals surface area contributed by atoms with Crippen molar-refractivity contribution in [1.29, 1.82) is 0 Å². The first-order chi connectivity index (χ1) is 4.42. The topological polar surface area (TPSA) is 41.1 Å². The van der Waals surface area contributed by atoms with Crippen molar-refractivity contribution in [2.75, 3.05) is 6.54 Å². The first-order valence-corrected chi connectivity index (χ1v) is 3.48. The summed E-state index contributed by atoms with van der Waals surface area (Å²) in [6, 6.07) is 0. The van der Waals surface area contributed by atoms with Crippen LogP contribution in [0.5, 0.6) is 0 Å². The van der Waals surface area contributed by atoms with Crippen LogP contribution in [0, 0.1) is 0 Å². The summed E-state index contributed by atoms with van der Waals surface area (Å²) in [7, 11) is 0. The molecule has 0 aliphatic rings. The lowest BCUT2D eigenvalue weighted by Gasteiger charge is -2.20. The summed E-state index contributed by atoms with van der Waals surface area (Å²) in [5.41, 5.74) is 5.56. The van der Waals surface area contributed by atoms with E-state index >= 15 is 0 Å². The van der Waals surface area contributed by atoms with Crippen LogP contribution in [0.4, 0.5) is 0 Å². The second-order valence-corrected chi connectivity index (χ2v) is 3.51. The summed E-state index contributed by atoms with van der Waals surface area (Å²) in [6.07, 6.45) is 0. The van der Waals surface area contributed by atoms with E-state index in [0.29, 0.717) is 0 Å².